The molecular weight excluding hydrogens is 296 g/mol. The standard InChI is InChI=1S/C14H13ClN2O4/c1-19-3-2-17-14(18)10(7-16)4-9-5-12-13(6-11(9)15)21-8-20-12/h4-6H,2-3,8H2,1H3,(H,17,18)/b10-4+. The number of fused-ring (bicyclic) bond motifs is 1. The summed E-state index contributed by atoms with van der Waals surface area (Å²) >= 11 is 6.10. The molecule has 0 bridgehead atoms. The first-order valence-corrected chi connectivity index (χ1v) is 6.51. The molecule has 0 aliphatic carbocycles. The van der Waals surface area contributed by atoms with Crippen LogP contribution >= 0.6 is 11.6 Å². The molecule has 0 atom stereocenters. The summed E-state index contributed by atoms with van der Waals surface area (Å²) < 4.78 is 15.3. The van der Waals surface area contributed by atoms with Gasteiger partial charge in [-0.1, -0.05) is 11.6 Å². The summed E-state index contributed by atoms with van der Waals surface area (Å²) in [6.07, 6.45) is 1.41. The van der Waals surface area contributed by atoms with E-state index in [1.807, 2.05) is 6.07 Å². The van der Waals surface area contributed by atoms with E-state index in [0.29, 0.717) is 35.2 Å². The molecule has 0 spiro atoms. The van der Waals surface area contributed by atoms with Crippen LogP contribution in [-0.2, 0) is 9.53 Å². The molecule has 0 fully saturated rings. The fraction of sp³-hybridized carbons (Fsp3) is 0.286. The summed E-state index contributed by atoms with van der Waals surface area (Å²) in [5, 5.41) is 12.0. The molecule has 0 unspecified atom stereocenters. The van der Waals surface area contributed by atoms with Gasteiger partial charge < -0.3 is 19.5 Å². The molecule has 7 heteroatoms. The van der Waals surface area contributed by atoms with E-state index < -0.39 is 5.91 Å². The van der Waals surface area contributed by atoms with Crippen molar-refractivity contribution in [1.29, 1.82) is 5.26 Å². The minimum Gasteiger partial charge on any atom is -0.454 e. The summed E-state index contributed by atoms with van der Waals surface area (Å²) in [6, 6.07) is 5.07. The van der Waals surface area contributed by atoms with Crippen LogP contribution < -0.4 is 14.8 Å². The van der Waals surface area contributed by atoms with Crippen LogP contribution in [0.1, 0.15) is 5.56 Å². The van der Waals surface area contributed by atoms with Crippen LogP contribution in [0.2, 0.25) is 5.02 Å². The number of benzene rings is 1. The van der Waals surface area contributed by atoms with E-state index in [0.717, 1.165) is 0 Å². The molecule has 2 rings (SSSR count). The zero-order valence-electron chi connectivity index (χ0n) is 11.3. The van der Waals surface area contributed by atoms with Crippen molar-refractivity contribution in [2.45, 2.75) is 0 Å². The second-order valence-electron chi connectivity index (χ2n) is 4.15. The highest BCUT2D eigenvalue weighted by Gasteiger charge is 2.17. The third kappa shape index (κ3) is 3.66. The topological polar surface area (TPSA) is 80.6 Å². The number of methoxy groups -OCH3 is 1. The van der Waals surface area contributed by atoms with Crippen molar-refractivity contribution < 1.29 is 19.0 Å². The predicted octanol–water partition coefficient (Wildman–Crippen LogP) is 1.74. The van der Waals surface area contributed by atoms with Gasteiger partial charge in [-0.25, -0.2) is 0 Å². The minimum atomic E-state index is -0.483. The van der Waals surface area contributed by atoms with Gasteiger partial charge in [0, 0.05) is 19.7 Å². The van der Waals surface area contributed by atoms with E-state index in [1.54, 1.807) is 12.1 Å². The molecule has 1 heterocycles. The van der Waals surface area contributed by atoms with Gasteiger partial charge in [0.15, 0.2) is 11.5 Å². The van der Waals surface area contributed by atoms with E-state index >= 15 is 0 Å². The molecule has 0 aromatic heterocycles. The first-order chi connectivity index (χ1) is 10.2. The van der Waals surface area contributed by atoms with Crippen LogP contribution in [0, 0.1) is 11.3 Å². The van der Waals surface area contributed by atoms with E-state index in [9.17, 15) is 4.79 Å². The lowest BCUT2D eigenvalue weighted by Gasteiger charge is -2.05. The molecule has 110 valence electrons. The van der Waals surface area contributed by atoms with Gasteiger partial charge in [-0.2, -0.15) is 5.26 Å². The van der Waals surface area contributed by atoms with Gasteiger partial charge in [-0.3, -0.25) is 4.79 Å². The van der Waals surface area contributed by atoms with Crippen molar-refractivity contribution in [3.63, 3.8) is 0 Å². The first-order valence-electron chi connectivity index (χ1n) is 6.13. The van der Waals surface area contributed by atoms with Gasteiger partial charge in [-0.15, -0.1) is 0 Å². The number of ether oxygens (including phenoxy) is 3. The third-order valence-corrected chi connectivity index (χ3v) is 3.08. The third-order valence-electron chi connectivity index (χ3n) is 2.75. The van der Waals surface area contributed by atoms with E-state index in [2.05, 4.69) is 5.32 Å². The zero-order valence-corrected chi connectivity index (χ0v) is 12.1. The SMILES string of the molecule is COCCNC(=O)/C(C#N)=C/c1cc2c(cc1Cl)OCO2. The summed E-state index contributed by atoms with van der Waals surface area (Å²) in [4.78, 5) is 11.8. The number of carbonyl (C=O) groups is 1. The van der Waals surface area contributed by atoms with Gasteiger partial charge in [0.05, 0.1) is 11.6 Å². The Labute approximate surface area is 126 Å². The molecule has 6 nitrogen and oxygen atoms in total. The second-order valence-corrected chi connectivity index (χ2v) is 4.55. The molecule has 1 aliphatic rings. The number of halogens is 1. The smallest absolute Gasteiger partial charge is 0.262 e. The number of hydrogen-bond donors (Lipinski definition) is 1. The van der Waals surface area contributed by atoms with E-state index in [-0.39, 0.29) is 12.4 Å². The number of hydrogen-bond acceptors (Lipinski definition) is 5. The van der Waals surface area contributed by atoms with Crippen molar-refractivity contribution in [2.24, 2.45) is 0 Å². The van der Waals surface area contributed by atoms with Crippen LogP contribution in [-0.4, -0.2) is 33.0 Å². The first kappa shape index (κ1) is 15.2. The predicted molar refractivity (Wildman–Crippen MR) is 76.1 cm³/mol. The Morgan fingerprint density at radius 2 is 2.24 bits per heavy atom. The highest BCUT2D eigenvalue weighted by atomic mass is 35.5. The fourth-order valence-electron chi connectivity index (χ4n) is 1.71. The van der Waals surface area contributed by atoms with Crippen molar-refractivity contribution in [3.05, 3.63) is 28.3 Å². The maximum Gasteiger partial charge on any atom is 0.262 e. The maximum absolute atomic E-state index is 11.8. The molecule has 1 aromatic rings. The molecular formula is C14H13ClN2O4. The molecule has 0 radical (unpaired) electrons. The molecule has 1 amide bonds. The summed E-state index contributed by atoms with van der Waals surface area (Å²) in [7, 11) is 1.53. The van der Waals surface area contributed by atoms with Crippen molar-refractivity contribution >= 4 is 23.6 Å². The minimum absolute atomic E-state index is 0.0492. The molecule has 1 aromatic carbocycles. The summed E-state index contributed by atoms with van der Waals surface area (Å²) in [6.45, 7) is 0.819. The second kappa shape index (κ2) is 6.97. The number of nitrogens with one attached hydrogen (secondary N) is 1. The van der Waals surface area contributed by atoms with Crippen molar-refractivity contribution in [1.82, 2.24) is 5.32 Å². The van der Waals surface area contributed by atoms with Gasteiger partial charge in [0.25, 0.3) is 5.91 Å². The lowest BCUT2D eigenvalue weighted by Crippen LogP contribution is -2.27. The summed E-state index contributed by atoms with van der Waals surface area (Å²) in [5.74, 6) is 0.589. The van der Waals surface area contributed by atoms with Gasteiger partial charge in [0.1, 0.15) is 11.6 Å². The summed E-state index contributed by atoms with van der Waals surface area (Å²) in [5.41, 5.74) is 0.464. The number of amides is 1. The van der Waals surface area contributed by atoms with Crippen molar-refractivity contribution in [3.8, 4) is 17.6 Å². The maximum atomic E-state index is 11.8. The number of nitrogens with zero attached hydrogens (tertiary/aromatic N) is 1. The lowest BCUT2D eigenvalue weighted by molar-refractivity contribution is -0.117. The molecule has 0 saturated heterocycles. The highest BCUT2D eigenvalue weighted by molar-refractivity contribution is 6.32. The number of rotatable bonds is 5. The number of nitriles is 1. The fourth-order valence-corrected chi connectivity index (χ4v) is 1.92. The van der Waals surface area contributed by atoms with Gasteiger partial charge in [0.2, 0.25) is 6.79 Å². The van der Waals surface area contributed by atoms with E-state index in [1.165, 1.54) is 13.2 Å². The molecule has 1 aliphatic heterocycles. The average molecular weight is 309 g/mol. The molecule has 0 saturated carbocycles. The Kier molecular flexibility index (Phi) is 5.04. The van der Waals surface area contributed by atoms with Crippen LogP contribution in [0.25, 0.3) is 6.08 Å². The Morgan fingerprint density at radius 3 is 2.90 bits per heavy atom. The Hall–Kier alpha value is -2.23. The number of carbonyl (C=O) groups excluding carboxylic acids is 1. The zero-order chi connectivity index (χ0) is 15.2. The van der Waals surface area contributed by atoms with Crippen LogP contribution in [0.4, 0.5) is 0 Å². The monoisotopic (exact) mass is 308 g/mol. The van der Waals surface area contributed by atoms with Crippen molar-refractivity contribution in [2.75, 3.05) is 27.1 Å². The van der Waals surface area contributed by atoms with E-state index in [4.69, 9.17) is 31.1 Å². The Balaban J connectivity index is 2.20. The lowest BCUT2D eigenvalue weighted by atomic mass is 10.1. The highest BCUT2D eigenvalue weighted by Crippen LogP contribution is 2.37. The molecule has 21 heavy (non-hydrogen) atoms. The normalized spacial score (nSPS) is 12.9. The van der Waals surface area contributed by atoms with Gasteiger partial charge in [-0.05, 0) is 17.7 Å². The van der Waals surface area contributed by atoms with Gasteiger partial charge >= 0.3 is 0 Å². The Morgan fingerprint density at radius 1 is 1.52 bits per heavy atom. The largest absolute Gasteiger partial charge is 0.454 e. The van der Waals surface area contributed by atoms with Crippen LogP contribution in [0.3, 0.4) is 0 Å². The van der Waals surface area contributed by atoms with Crippen LogP contribution in [0.15, 0.2) is 17.7 Å². The quantitative estimate of drug-likeness (QED) is 0.509. The van der Waals surface area contributed by atoms with Crippen LogP contribution in [0.5, 0.6) is 11.5 Å². The Bertz CT molecular complexity index is 622. The molecule has 1 N–H and O–H groups in total. The average Bonchev–Trinajstić information content (AvgIpc) is 2.91.